The molecule has 3 aliphatic rings. The molecule has 0 spiro atoms. The average Bonchev–Trinajstić information content (AvgIpc) is 3.30. The third kappa shape index (κ3) is 3.03. The van der Waals surface area contributed by atoms with E-state index in [2.05, 4.69) is 0 Å². The smallest absolute Gasteiger partial charge is 0.255 e. The summed E-state index contributed by atoms with van der Waals surface area (Å²) in [6.07, 6.45) is 0.318. The van der Waals surface area contributed by atoms with Crippen LogP contribution in [0.1, 0.15) is 17.5 Å². The standard InChI is InChI=1S/C25H24N2O7S/c1-27(2)19-14-8-11-7-13-12(10-5-6-35-9-10)3-4-15(28)17(13)20(29)16(11)22(31)25(14,34)23(32)18(21(19)30)24(26)33/h3-6,9,11,14,19,28-29,32,34H,7-8H2,1-2H3,(H2,26,33)/t11?,14?,19-,25-/m0/s1. The lowest BCUT2D eigenvalue weighted by atomic mass is 9.57. The second kappa shape index (κ2) is 7.77. The fraction of sp³-hybridized carbons (Fsp3) is 0.320. The number of fused-ring (bicyclic) bond motifs is 3. The van der Waals surface area contributed by atoms with Crippen molar-refractivity contribution in [2.24, 2.45) is 17.6 Å². The molecule has 0 bridgehead atoms. The highest BCUT2D eigenvalue weighted by Crippen LogP contribution is 2.53. The highest BCUT2D eigenvalue weighted by atomic mass is 32.1. The van der Waals surface area contributed by atoms with Gasteiger partial charge in [0.2, 0.25) is 5.78 Å². The number of carbonyl (C=O) groups is 3. The van der Waals surface area contributed by atoms with E-state index in [4.69, 9.17) is 5.73 Å². The van der Waals surface area contributed by atoms with Crippen molar-refractivity contribution in [2.75, 3.05) is 14.1 Å². The number of aliphatic hydroxyl groups is 3. The van der Waals surface area contributed by atoms with Crippen LogP contribution in [0.3, 0.4) is 0 Å². The van der Waals surface area contributed by atoms with Gasteiger partial charge in [0.1, 0.15) is 22.8 Å². The van der Waals surface area contributed by atoms with E-state index in [1.807, 2.05) is 16.8 Å². The first-order valence-electron chi connectivity index (χ1n) is 11.0. The predicted molar refractivity (Wildman–Crippen MR) is 128 cm³/mol. The maximum atomic E-state index is 13.8. The Kier molecular flexibility index (Phi) is 5.17. The van der Waals surface area contributed by atoms with Gasteiger partial charge in [-0.15, -0.1) is 0 Å². The number of ketones is 2. The Balaban J connectivity index is 1.75. The minimum Gasteiger partial charge on any atom is -0.508 e. The fourth-order valence-electron chi connectivity index (χ4n) is 5.93. The van der Waals surface area contributed by atoms with Crippen LogP contribution in [0, 0.1) is 11.8 Å². The molecule has 5 rings (SSSR count). The number of benzene rings is 1. The van der Waals surface area contributed by atoms with E-state index in [0.29, 0.717) is 5.56 Å². The number of primary amides is 1. The average molecular weight is 497 g/mol. The lowest BCUT2D eigenvalue weighted by Gasteiger charge is -2.50. The van der Waals surface area contributed by atoms with Crippen LogP contribution in [0.2, 0.25) is 0 Å². The summed E-state index contributed by atoms with van der Waals surface area (Å²) >= 11 is 1.50. The first-order chi connectivity index (χ1) is 16.5. The number of likely N-dealkylation sites (N-methyl/N-ethyl adjacent to an activating group) is 1. The highest BCUT2D eigenvalue weighted by Gasteiger charge is 2.64. The van der Waals surface area contributed by atoms with Crippen molar-refractivity contribution in [1.82, 2.24) is 4.90 Å². The maximum Gasteiger partial charge on any atom is 0.255 e. The number of thiophene rings is 1. The second-order valence-corrected chi connectivity index (χ2v) is 10.2. The molecule has 0 radical (unpaired) electrons. The molecule has 1 aromatic heterocycles. The van der Waals surface area contributed by atoms with Crippen LogP contribution in [0.25, 0.3) is 16.9 Å². The van der Waals surface area contributed by atoms with E-state index in [-0.39, 0.29) is 29.7 Å². The summed E-state index contributed by atoms with van der Waals surface area (Å²) in [4.78, 5) is 40.4. The number of phenolic OH excluding ortho intramolecular Hbond substituents is 1. The summed E-state index contributed by atoms with van der Waals surface area (Å²) < 4.78 is 0. The molecule has 1 fully saturated rings. The molecule has 2 unspecified atom stereocenters. The lowest BCUT2D eigenvalue weighted by Crippen LogP contribution is -2.65. The molecule has 35 heavy (non-hydrogen) atoms. The van der Waals surface area contributed by atoms with Gasteiger partial charge in [-0.25, -0.2) is 0 Å². The summed E-state index contributed by atoms with van der Waals surface area (Å²) in [6.45, 7) is 0. The summed E-state index contributed by atoms with van der Waals surface area (Å²) in [5.41, 5.74) is 4.14. The zero-order chi connectivity index (χ0) is 25.4. The molecule has 2 aromatic rings. The molecule has 1 aromatic carbocycles. The van der Waals surface area contributed by atoms with Crippen LogP contribution in [0.4, 0.5) is 0 Å². The fourth-order valence-corrected chi connectivity index (χ4v) is 6.59. The number of nitrogens with two attached hydrogens (primary N) is 1. The topological polar surface area (TPSA) is 161 Å². The molecule has 4 atom stereocenters. The van der Waals surface area contributed by atoms with Gasteiger partial charge in [-0.05, 0) is 72.4 Å². The molecule has 1 heterocycles. The first-order valence-corrected chi connectivity index (χ1v) is 12.0. The van der Waals surface area contributed by atoms with Crippen molar-refractivity contribution < 1.29 is 34.8 Å². The van der Waals surface area contributed by atoms with Crippen molar-refractivity contribution in [3.63, 3.8) is 0 Å². The van der Waals surface area contributed by atoms with Crippen LogP contribution in [-0.4, -0.2) is 68.5 Å². The molecule has 182 valence electrons. The first kappa shape index (κ1) is 23.3. The third-order valence-electron chi connectivity index (χ3n) is 7.44. The molecule has 1 amide bonds. The normalized spacial score (nSPS) is 28.2. The highest BCUT2D eigenvalue weighted by molar-refractivity contribution is 7.08. The Hall–Kier alpha value is -3.47. The van der Waals surface area contributed by atoms with Crippen molar-refractivity contribution in [2.45, 2.75) is 24.5 Å². The van der Waals surface area contributed by atoms with Crippen molar-refractivity contribution >= 4 is 34.6 Å². The SMILES string of the molecule is CN(C)[C@@H]1C(=O)C(C(N)=O)=C(O)[C@@]2(O)C(=O)C3=C(O)c4c(O)ccc(-c5ccsc5)c4CC3CC12. The number of phenols is 1. The molecule has 0 saturated heterocycles. The number of aromatic hydroxyl groups is 1. The number of nitrogens with zero attached hydrogens (tertiary/aromatic N) is 1. The lowest BCUT2D eigenvalue weighted by molar-refractivity contribution is -0.153. The van der Waals surface area contributed by atoms with Crippen LogP contribution >= 0.6 is 11.3 Å². The summed E-state index contributed by atoms with van der Waals surface area (Å²) in [5, 5.41) is 48.1. The molecule has 10 heteroatoms. The Bertz CT molecular complexity index is 1360. The molecule has 6 N–H and O–H groups in total. The van der Waals surface area contributed by atoms with Crippen LogP contribution in [-0.2, 0) is 20.8 Å². The van der Waals surface area contributed by atoms with E-state index < -0.39 is 58.0 Å². The molecular weight excluding hydrogens is 472 g/mol. The van der Waals surface area contributed by atoms with Crippen LogP contribution in [0.5, 0.6) is 5.75 Å². The largest absolute Gasteiger partial charge is 0.508 e. The van der Waals surface area contributed by atoms with Crippen LogP contribution < -0.4 is 5.73 Å². The minimum atomic E-state index is -2.63. The number of Topliss-reactive ketones (excluding diaryl/α,β-unsaturated/α-hetero) is 2. The number of carbonyl (C=O) groups excluding carboxylic acids is 3. The van der Waals surface area contributed by atoms with Gasteiger partial charge in [-0.3, -0.25) is 19.3 Å². The predicted octanol–water partition coefficient (Wildman–Crippen LogP) is 1.69. The second-order valence-electron chi connectivity index (χ2n) is 9.46. The van der Waals surface area contributed by atoms with Crippen molar-refractivity contribution in [3.05, 3.63) is 57.0 Å². The van der Waals surface area contributed by atoms with Gasteiger partial charge in [0.25, 0.3) is 5.91 Å². The van der Waals surface area contributed by atoms with Gasteiger partial charge in [0.05, 0.1) is 11.6 Å². The van der Waals surface area contributed by atoms with Crippen molar-refractivity contribution in [1.29, 1.82) is 0 Å². The van der Waals surface area contributed by atoms with Gasteiger partial charge in [0.15, 0.2) is 11.4 Å². The maximum absolute atomic E-state index is 13.8. The zero-order valence-electron chi connectivity index (χ0n) is 19.0. The number of hydrogen-bond acceptors (Lipinski definition) is 9. The Labute approximate surface area is 204 Å². The Morgan fingerprint density at radius 2 is 1.89 bits per heavy atom. The quantitative estimate of drug-likeness (QED) is 0.401. The Morgan fingerprint density at radius 3 is 2.49 bits per heavy atom. The van der Waals surface area contributed by atoms with E-state index in [0.717, 1.165) is 11.1 Å². The summed E-state index contributed by atoms with van der Waals surface area (Å²) in [6, 6.07) is 3.98. The van der Waals surface area contributed by atoms with E-state index >= 15 is 0 Å². The minimum absolute atomic E-state index is 0.0600. The number of aliphatic hydroxyl groups excluding tert-OH is 2. The number of rotatable bonds is 3. The number of amides is 1. The molecule has 9 nitrogen and oxygen atoms in total. The molecule has 3 aliphatic carbocycles. The van der Waals surface area contributed by atoms with Gasteiger partial charge < -0.3 is 26.2 Å². The monoisotopic (exact) mass is 496 g/mol. The van der Waals surface area contributed by atoms with Gasteiger partial charge in [-0.1, -0.05) is 6.07 Å². The van der Waals surface area contributed by atoms with E-state index in [1.165, 1.54) is 22.3 Å². The molecule has 1 saturated carbocycles. The summed E-state index contributed by atoms with van der Waals surface area (Å²) in [5.74, 6) is -6.55. The zero-order valence-corrected chi connectivity index (χ0v) is 19.8. The van der Waals surface area contributed by atoms with Gasteiger partial charge in [0, 0.05) is 11.5 Å². The van der Waals surface area contributed by atoms with Gasteiger partial charge in [-0.2, -0.15) is 11.3 Å². The molecule has 0 aliphatic heterocycles. The van der Waals surface area contributed by atoms with Crippen LogP contribution in [0.15, 0.2) is 45.9 Å². The van der Waals surface area contributed by atoms with E-state index in [1.54, 1.807) is 20.2 Å². The van der Waals surface area contributed by atoms with Crippen molar-refractivity contribution in [3.8, 4) is 16.9 Å². The van der Waals surface area contributed by atoms with E-state index in [9.17, 15) is 34.8 Å². The molecular formula is C25H24N2O7S. The summed E-state index contributed by atoms with van der Waals surface area (Å²) in [7, 11) is 3.14. The van der Waals surface area contributed by atoms with Gasteiger partial charge >= 0.3 is 0 Å². The Morgan fingerprint density at radius 1 is 1.17 bits per heavy atom. The number of hydrogen-bond donors (Lipinski definition) is 5. The third-order valence-corrected chi connectivity index (χ3v) is 8.12.